The summed E-state index contributed by atoms with van der Waals surface area (Å²) in [5, 5.41) is 16.2. The van der Waals surface area contributed by atoms with E-state index in [4.69, 9.17) is 0 Å². The van der Waals surface area contributed by atoms with Crippen LogP contribution in [0, 0.1) is 34.6 Å². The van der Waals surface area contributed by atoms with Crippen LogP contribution in [-0.2, 0) is 4.79 Å². The fraction of sp³-hybridized carbons (Fsp3) is 0.273. The number of nitrogens with one attached hydrogen (secondary N) is 1. The summed E-state index contributed by atoms with van der Waals surface area (Å²) in [5.74, 6) is 0.930. The number of aryl methyl sites for hydroxylation is 5. The molecule has 1 amide bonds. The smallest absolute Gasteiger partial charge is 0.252 e. The Balaban J connectivity index is 1.49. The van der Waals surface area contributed by atoms with E-state index in [0.29, 0.717) is 16.9 Å². The third-order valence-corrected chi connectivity index (χ3v) is 5.66. The van der Waals surface area contributed by atoms with Crippen molar-refractivity contribution < 1.29 is 4.79 Å². The molecule has 0 radical (unpaired) electrons. The molecule has 1 aromatic carbocycles. The fourth-order valence-electron chi connectivity index (χ4n) is 3.42. The van der Waals surface area contributed by atoms with E-state index in [1.807, 2.05) is 50.5 Å². The fourth-order valence-corrected chi connectivity index (χ4v) is 4.14. The highest BCUT2D eigenvalue weighted by Gasteiger charge is 2.16. The van der Waals surface area contributed by atoms with E-state index < -0.39 is 0 Å². The molecule has 3 aromatic heterocycles. The molecule has 164 valence electrons. The number of hydrogen-bond acceptors (Lipinski definition) is 7. The molecule has 0 fully saturated rings. The van der Waals surface area contributed by atoms with Crippen molar-refractivity contribution >= 4 is 23.5 Å². The third kappa shape index (κ3) is 4.70. The lowest BCUT2D eigenvalue weighted by atomic mass is 10.1. The number of nitrogens with zero attached hydrogens (tertiary/aromatic N) is 7. The second kappa shape index (κ2) is 8.91. The quantitative estimate of drug-likeness (QED) is 0.450. The topological polar surface area (TPSA) is 103 Å². The Morgan fingerprint density at radius 1 is 1.00 bits per heavy atom. The first kappa shape index (κ1) is 21.7. The van der Waals surface area contributed by atoms with Crippen molar-refractivity contribution in [2.24, 2.45) is 0 Å². The monoisotopic (exact) mass is 448 g/mol. The molecule has 32 heavy (non-hydrogen) atoms. The minimum absolute atomic E-state index is 0.168. The van der Waals surface area contributed by atoms with Crippen molar-refractivity contribution in [3.8, 4) is 11.6 Å². The zero-order valence-electron chi connectivity index (χ0n) is 18.6. The van der Waals surface area contributed by atoms with E-state index in [9.17, 15) is 4.79 Å². The Morgan fingerprint density at radius 3 is 2.47 bits per heavy atom. The van der Waals surface area contributed by atoms with E-state index in [2.05, 4.69) is 43.6 Å². The van der Waals surface area contributed by atoms with Gasteiger partial charge < -0.3 is 5.32 Å². The van der Waals surface area contributed by atoms with E-state index in [1.54, 1.807) is 17.1 Å². The number of amides is 1. The van der Waals surface area contributed by atoms with Crippen LogP contribution < -0.4 is 5.32 Å². The van der Waals surface area contributed by atoms with Crippen molar-refractivity contribution in [2.45, 2.75) is 39.8 Å². The highest BCUT2D eigenvalue weighted by atomic mass is 32.2. The van der Waals surface area contributed by atoms with Crippen LogP contribution in [0.5, 0.6) is 0 Å². The molecule has 10 heteroatoms. The van der Waals surface area contributed by atoms with Crippen LogP contribution >= 0.6 is 11.8 Å². The van der Waals surface area contributed by atoms with E-state index >= 15 is 0 Å². The predicted molar refractivity (Wildman–Crippen MR) is 124 cm³/mol. The van der Waals surface area contributed by atoms with Crippen LogP contribution in [0.4, 0.5) is 5.82 Å². The van der Waals surface area contributed by atoms with Gasteiger partial charge in [0.25, 0.3) is 5.95 Å². The molecular formula is C22H24N8OS. The molecule has 0 unspecified atom stereocenters. The normalized spacial score (nSPS) is 11.0. The van der Waals surface area contributed by atoms with E-state index in [-0.39, 0.29) is 11.7 Å². The van der Waals surface area contributed by atoms with Crippen molar-refractivity contribution in [2.75, 3.05) is 11.1 Å². The summed E-state index contributed by atoms with van der Waals surface area (Å²) in [6.07, 6.45) is 1.66. The Bertz CT molecular complexity index is 1270. The third-order valence-electron chi connectivity index (χ3n) is 4.72. The van der Waals surface area contributed by atoms with Gasteiger partial charge in [-0.05, 0) is 52.3 Å². The van der Waals surface area contributed by atoms with Crippen LogP contribution in [0.25, 0.3) is 11.6 Å². The summed E-state index contributed by atoms with van der Waals surface area (Å²) >= 11 is 1.32. The van der Waals surface area contributed by atoms with Crippen LogP contribution in [0.3, 0.4) is 0 Å². The van der Waals surface area contributed by atoms with Crippen LogP contribution in [-0.4, -0.2) is 46.2 Å². The average Bonchev–Trinajstić information content (AvgIpc) is 3.32. The molecule has 0 saturated carbocycles. The second-order valence-electron chi connectivity index (χ2n) is 7.64. The van der Waals surface area contributed by atoms with Crippen LogP contribution in [0.1, 0.15) is 28.2 Å². The highest BCUT2D eigenvalue weighted by Crippen LogP contribution is 2.23. The summed E-state index contributed by atoms with van der Waals surface area (Å²) in [5.41, 5.74) is 5.71. The van der Waals surface area contributed by atoms with Gasteiger partial charge in [0.2, 0.25) is 5.91 Å². The van der Waals surface area contributed by atoms with Gasteiger partial charge in [-0.3, -0.25) is 9.36 Å². The molecule has 0 saturated heterocycles. The number of carbonyl (C=O) groups is 1. The molecule has 0 spiro atoms. The Hall–Kier alpha value is -3.53. The Labute approximate surface area is 190 Å². The lowest BCUT2D eigenvalue weighted by molar-refractivity contribution is -0.113. The number of hydrogen-bond donors (Lipinski definition) is 1. The summed E-state index contributed by atoms with van der Waals surface area (Å²) in [6, 6.07) is 9.86. The van der Waals surface area contributed by atoms with Gasteiger partial charge in [-0.2, -0.15) is 9.78 Å². The maximum atomic E-state index is 12.7. The standard InChI is InChI=1S/C22H24N8OS/c1-13-6-7-18(14(2)8-13)29-12-23-27-22(29)32-11-20(31)26-19-10-17(5)28-30(19)21-24-15(3)9-16(4)25-21/h6-10,12H,11H2,1-5H3,(H,26,31). The largest absolute Gasteiger partial charge is 0.310 e. The number of benzene rings is 1. The lowest BCUT2D eigenvalue weighted by Crippen LogP contribution is -2.18. The van der Waals surface area contributed by atoms with Crippen LogP contribution in [0.15, 0.2) is 41.8 Å². The van der Waals surface area contributed by atoms with E-state index in [0.717, 1.165) is 28.3 Å². The van der Waals surface area contributed by atoms with Gasteiger partial charge in [0.05, 0.1) is 17.1 Å². The summed E-state index contributed by atoms with van der Waals surface area (Å²) in [4.78, 5) is 21.6. The molecule has 3 heterocycles. The number of anilines is 1. The summed E-state index contributed by atoms with van der Waals surface area (Å²) < 4.78 is 3.44. The molecular weight excluding hydrogens is 424 g/mol. The van der Waals surface area contributed by atoms with Gasteiger partial charge in [0.1, 0.15) is 12.1 Å². The number of rotatable bonds is 6. The summed E-state index contributed by atoms with van der Waals surface area (Å²) in [6.45, 7) is 9.75. The van der Waals surface area contributed by atoms with Crippen molar-refractivity contribution in [1.29, 1.82) is 0 Å². The van der Waals surface area contributed by atoms with Crippen molar-refractivity contribution in [3.05, 3.63) is 64.9 Å². The first-order valence-corrected chi connectivity index (χ1v) is 11.1. The first-order valence-electron chi connectivity index (χ1n) is 10.1. The average molecular weight is 449 g/mol. The van der Waals surface area contributed by atoms with Gasteiger partial charge in [0.15, 0.2) is 5.16 Å². The maximum Gasteiger partial charge on any atom is 0.252 e. The number of carbonyl (C=O) groups excluding carboxylic acids is 1. The Morgan fingerprint density at radius 2 is 1.75 bits per heavy atom. The first-order chi connectivity index (χ1) is 15.3. The van der Waals surface area contributed by atoms with Crippen molar-refractivity contribution in [3.63, 3.8) is 0 Å². The second-order valence-corrected chi connectivity index (χ2v) is 8.59. The molecule has 0 aliphatic rings. The molecule has 4 aromatic rings. The number of aromatic nitrogens is 7. The Kier molecular flexibility index (Phi) is 6.04. The van der Waals surface area contributed by atoms with Gasteiger partial charge in [0, 0.05) is 17.5 Å². The molecule has 1 N–H and O–H groups in total. The van der Waals surface area contributed by atoms with Crippen LogP contribution in [0.2, 0.25) is 0 Å². The molecule has 4 rings (SSSR count). The molecule has 0 aliphatic carbocycles. The van der Waals surface area contributed by atoms with Crippen molar-refractivity contribution in [1.82, 2.24) is 34.5 Å². The van der Waals surface area contributed by atoms with Gasteiger partial charge in [-0.25, -0.2) is 9.97 Å². The molecule has 0 aliphatic heterocycles. The molecule has 9 nitrogen and oxygen atoms in total. The zero-order chi connectivity index (χ0) is 22.8. The van der Waals surface area contributed by atoms with Gasteiger partial charge >= 0.3 is 0 Å². The lowest BCUT2D eigenvalue weighted by Gasteiger charge is -2.11. The minimum Gasteiger partial charge on any atom is -0.310 e. The number of thioether (sulfide) groups is 1. The SMILES string of the molecule is Cc1ccc(-n2cnnc2SCC(=O)Nc2cc(C)nn2-c2nc(C)cc(C)n2)c(C)c1. The van der Waals surface area contributed by atoms with E-state index in [1.165, 1.54) is 17.3 Å². The zero-order valence-corrected chi connectivity index (χ0v) is 19.4. The summed E-state index contributed by atoms with van der Waals surface area (Å²) in [7, 11) is 0. The maximum absolute atomic E-state index is 12.7. The minimum atomic E-state index is -0.185. The molecule has 0 atom stereocenters. The highest BCUT2D eigenvalue weighted by molar-refractivity contribution is 7.99. The van der Waals surface area contributed by atoms with Gasteiger partial charge in [-0.15, -0.1) is 10.2 Å². The van der Waals surface area contributed by atoms with Gasteiger partial charge in [-0.1, -0.05) is 29.5 Å². The predicted octanol–water partition coefficient (Wildman–Crippen LogP) is 3.52. The molecule has 0 bridgehead atoms.